The van der Waals surface area contributed by atoms with Crippen molar-refractivity contribution in [2.75, 3.05) is 29.5 Å². The molecule has 1 saturated carbocycles. The number of aryl methyl sites for hydroxylation is 2. The van der Waals surface area contributed by atoms with Crippen LogP contribution in [0.5, 0.6) is 5.75 Å². The van der Waals surface area contributed by atoms with Crippen molar-refractivity contribution in [2.45, 2.75) is 51.0 Å². The summed E-state index contributed by atoms with van der Waals surface area (Å²) < 4.78 is 24.2. The number of benzene rings is 2. The molecular formula is C24H31N3O5S. The molecule has 0 bridgehead atoms. The smallest absolute Gasteiger partial charge is 0.238 e. The second-order valence-electron chi connectivity index (χ2n) is 8.40. The van der Waals surface area contributed by atoms with Gasteiger partial charge in [0, 0.05) is 24.7 Å². The van der Waals surface area contributed by atoms with Crippen molar-refractivity contribution >= 4 is 33.0 Å². The maximum atomic E-state index is 12.7. The summed E-state index contributed by atoms with van der Waals surface area (Å²) in [5.74, 6) is -0.775. The Kier molecular flexibility index (Phi) is 7.76. The number of sulfone groups is 1. The zero-order valence-corrected chi connectivity index (χ0v) is 20.0. The Hall–Kier alpha value is -2.91. The van der Waals surface area contributed by atoms with E-state index in [9.17, 15) is 23.1 Å². The first kappa shape index (κ1) is 24.7. The van der Waals surface area contributed by atoms with Gasteiger partial charge in [-0.15, -0.1) is 0 Å². The fourth-order valence-corrected chi connectivity index (χ4v) is 4.54. The lowest BCUT2D eigenvalue weighted by Crippen LogP contribution is -2.37. The minimum Gasteiger partial charge on any atom is -0.506 e. The van der Waals surface area contributed by atoms with Crippen molar-refractivity contribution in [3.8, 4) is 5.75 Å². The molecule has 0 aliphatic heterocycles. The van der Waals surface area contributed by atoms with E-state index in [-0.39, 0.29) is 52.9 Å². The third-order valence-electron chi connectivity index (χ3n) is 5.76. The van der Waals surface area contributed by atoms with Crippen molar-refractivity contribution in [3.05, 3.63) is 47.5 Å². The summed E-state index contributed by atoms with van der Waals surface area (Å²) >= 11 is 0. The molecule has 33 heavy (non-hydrogen) atoms. The molecule has 1 aliphatic carbocycles. The molecule has 9 heteroatoms. The number of carbonyl (C=O) groups is 2. The number of anilines is 2. The normalized spacial score (nSPS) is 13.7. The van der Waals surface area contributed by atoms with Gasteiger partial charge in [-0.05, 0) is 56.0 Å². The molecule has 3 N–H and O–H groups in total. The summed E-state index contributed by atoms with van der Waals surface area (Å²) in [5.41, 5.74) is 2.86. The molecule has 1 aliphatic rings. The Morgan fingerprint density at radius 3 is 2.33 bits per heavy atom. The minimum atomic E-state index is -3.46. The van der Waals surface area contributed by atoms with Crippen LogP contribution in [0.1, 0.15) is 37.3 Å². The van der Waals surface area contributed by atoms with E-state index in [0.29, 0.717) is 6.54 Å². The first-order valence-corrected chi connectivity index (χ1v) is 12.7. The molecule has 1 fully saturated rings. The Bertz CT molecular complexity index is 1120. The lowest BCUT2D eigenvalue weighted by Gasteiger charge is -2.22. The molecule has 178 valence electrons. The van der Waals surface area contributed by atoms with Gasteiger partial charge in [0.2, 0.25) is 11.8 Å². The maximum absolute atomic E-state index is 12.7. The predicted octanol–water partition coefficient (Wildman–Crippen LogP) is 3.23. The van der Waals surface area contributed by atoms with E-state index in [4.69, 9.17) is 0 Å². The average Bonchev–Trinajstić information content (AvgIpc) is 3.60. The quantitative estimate of drug-likeness (QED) is 0.456. The lowest BCUT2D eigenvalue weighted by molar-refractivity contribution is -0.119. The topological polar surface area (TPSA) is 116 Å². The van der Waals surface area contributed by atoms with E-state index in [1.54, 1.807) is 0 Å². The zero-order valence-electron chi connectivity index (χ0n) is 19.2. The predicted molar refractivity (Wildman–Crippen MR) is 128 cm³/mol. The fourth-order valence-electron chi connectivity index (χ4n) is 3.64. The number of amides is 2. The van der Waals surface area contributed by atoms with E-state index < -0.39 is 9.84 Å². The third-order valence-corrected chi connectivity index (χ3v) is 7.50. The van der Waals surface area contributed by atoms with E-state index in [1.807, 2.05) is 36.9 Å². The maximum Gasteiger partial charge on any atom is 0.238 e. The van der Waals surface area contributed by atoms with Crippen LogP contribution in [0.25, 0.3) is 0 Å². The van der Waals surface area contributed by atoms with Crippen LogP contribution in [0.4, 0.5) is 11.4 Å². The van der Waals surface area contributed by atoms with Crippen LogP contribution in [-0.4, -0.2) is 55.1 Å². The van der Waals surface area contributed by atoms with Crippen LogP contribution in [-0.2, 0) is 19.4 Å². The highest BCUT2D eigenvalue weighted by atomic mass is 32.2. The second kappa shape index (κ2) is 10.4. The Morgan fingerprint density at radius 1 is 1.06 bits per heavy atom. The summed E-state index contributed by atoms with van der Waals surface area (Å²) in [7, 11) is -3.46. The molecule has 2 aromatic carbocycles. The van der Waals surface area contributed by atoms with Gasteiger partial charge in [-0.2, -0.15) is 0 Å². The van der Waals surface area contributed by atoms with Crippen LogP contribution in [0, 0.1) is 13.8 Å². The van der Waals surface area contributed by atoms with Crippen LogP contribution < -0.4 is 10.6 Å². The highest BCUT2D eigenvalue weighted by Crippen LogP contribution is 2.29. The van der Waals surface area contributed by atoms with Crippen molar-refractivity contribution in [1.82, 2.24) is 4.90 Å². The molecule has 0 atom stereocenters. The fraction of sp³-hybridized carbons (Fsp3) is 0.417. The molecule has 0 spiro atoms. The molecule has 0 unspecified atom stereocenters. The van der Waals surface area contributed by atoms with Gasteiger partial charge in [-0.25, -0.2) is 8.42 Å². The lowest BCUT2D eigenvalue weighted by atomic mass is 10.1. The number of para-hydroxylation sites is 1. The monoisotopic (exact) mass is 473 g/mol. The van der Waals surface area contributed by atoms with Gasteiger partial charge >= 0.3 is 0 Å². The van der Waals surface area contributed by atoms with Crippen LogP contribution in [0.15, 0.2) is 41.3 Å². The Balaban J connectivity index is 1.59. The molecule has 3 rings (SSSR count). The van der Waals surface area contributed by atoms with E-state index in [1.165, 1.54) is 25.1 Å². The summed E-state index contributed by atoms with van der Waals surface area (Å²) in [6.45, 7) is 5.98. The summed E-state index contributed by atoms with van der Waals surface area (Å²) in [6, 6.07) is 9.94. The molecule has 0 radical (unpaired) electrons. The van der Waals surface area contributed by atoms with Crippen molar-refractivity contribution in [2.24, 2.45) is 0 Å². The number of phenolic OH excluding ortho intramolecular Hbond substituents is 1. The Morgan fingerprint density at radius 2 is 1.73 bits per heavy atom. The van der Waals surface area contributed by atoms with Gasteiger partial charge in [0.25, 0.3) is 0 Å². The van der Waals surface area contributed by atoms with Crippen LogP contribution in [0.2, 0.25) is 0 Å². The molecule has 0 heterocycles. The number of nitrogens with zero attached hydrogens (tertiary/aromatic N) is 1. The standard InChI is InChI=1S/C24H31N3O5S/c1-4-33(31,32)19-10-11-21(28)20(14-19)25-22(29)12-13-27(18-8-9-18)15-23(30)26-24-16(2)6-5-7-17(24)3/h5-7,10-11,14,18,28H,4,8-9,12-13,15H2,1-3H3,(H,25,29)(H,26,30). The first-order valence-electron chi connectivity index (χ1n) is 11.1. The molecule has 2 aromatic rings. The molecule has 8 nitrogen and oxygen atoms in total. The number of hydrogen-bond acceptors (Lipinski definition) is 6. The van der Waals surface area contributed by atoms with Gasteiger partial charge in [0.05, 0.1) is 22.9 Å². The van der Waals surface area contributed by atoms with E-state index >= 15 is 0 Å². The summed E-state index contributed by atoms with van der Waals surface area (Å²) in [4.78, 5) is 27.2. The molecule has 2 amide bonds. The third kappa shape index (κ3) is 6.55. The highest BCUT2D eigenvalue weighted by Gasteiger charge is 2.30. The SMILES string of the molecule is CCS(=O)(=O)c1ccc(O)c(NC(=O)CCN(CC(=O)Nc2c(C)cccc2C)C2CC2)c1. The minimum absolute atomic E-state index is 0.0425. The summed E-state index contributed by atoms with van der Waals surface area (Å²) in [6.07, 6.45) is 2.07. The number of carbonyl (C=O) groups excluding carboxylic acids is 2. The first-order chi connectivity index (χ1) is 15.6. The second-order valence-corrected chi connectivity index (χ2v) is 10.7. The zero-order chi connectivity index (χ0) is 24.2. The van der Waals surface area contributed by atoms with Gasteiger partial charge < -0.3 is 15.7 Å². The highest BCUT2D eigenvalue weighted by molar-refractivity contribution is 7.91. The number of rotatable bonds is 10. The molecule has 0 saturated heterocycles. The van der Waals surface area contributed by atoms with Crippen LogP contribution >= 0.6 is 0 Å². The molecular weight excluding hydrogens is 442 g/mol. The number of aromatic hydroxyl groups is 1. The number of phenols is 1. The number of hydrogen-bond donors (Lipinski definition) is 3. The largest absolute Gasteiger partial charge is 0.506 e. The van der Waals surface area contributed by atoms with Crippen molar-refractivity contribution < 1.29 is 23.1 Å². The van der Waals surface area contributed by atoms with Gasteiger partial charge in [-0.3, -0.25) is 14.5 Å². The van der Waals surface area contributed by atoms with E-state index in [0.717, 1.165) is 29.7 Å². The van der Waals surface area contributed by atoms with Gasteiger partial charge in [0.1, 0.15) is 5.75 Å². The van der Waals surface area contributed by atoms with Crippen molar-refractivity contribution in [1.29, 1.82) is 0 Å². The van der Waals surface area contributed by atoms with Crippen LogP contribution in [0.3, 0.4) is 0 Å². The van der Waals surface area contributed by atoms with Gasteiger partial charge in [0.15, 0.2) is 9.84 Å². The summed E-state index contributed by atoms with van der Waals surface area (Å²) in [5, 5.41) is 15.6. The van der Waals surface area contributed by atoms with E-state index in [2.05, 4.69) is 10.6 Å². The van der Waals surface area contributed by atoms with Gasteiger partial charge in [-0.1, -0.05) is 25.1 Å². The average molecular weight is 474 g/mol. The number of nitrogens with one attached hydrogen (secondary N) is 2. The Labute approximate surface area is 194 Å². The van der Waals surface area contributed by atoms with Crippen molar-refractivity contribution in [3.63, 3.8) is 0 Å². The molecule has 0 aromatic heterocycles.